The van der Waals surface area contributed by atoms with Gasteiger partial charge in [0.25, 0.3) is 0 Å². The summed E-state index contributed by atoms with van der Waals surface area (Å²) in [5, 5.41) is 75.8. The molecule has 2 aromatic carbocycles. The number of nitrogens with two attached hydrogens (primary N) is 2. The van der Waals surface area contributed by atoms with E-state index in [1.54, 1.807) is 132 Å². The van der Waals surface area contributed by atoms with Gasteiger partial charge in [-0.05, 0) is 213 Å². The highest BCUT2D eigenvalue weighted by molar-refractivity contribution is 5.87. The smallest absolute Gasteiger partial charge is 0.408 e. The van der Waals surface area contributed by atoms with Gasteiger partial charge in [-0.1, -0.05) is 67.6 Å². The summed E-state index contributed by atoms with van der Waals surface area (Å²) in [4.78, 5) is 151. The molecule has 0 aromatic heterocycles. The second-order valence-electron chi connectivity index (χ2n) is 32.3. The van der Waals surface area contributed by atoms with E-state index in [0.29, 0.717) is 25.9 Å². The zero-order valence-electron chi connectivity index (χ0n) is 74.0. The van der Waals surface area contributed by atoms with Gasteiger partial charge in [-0.2, -0.15) is 0 Å². The molecule has 2 saturated heterocycles. The number of hydrogen-bond donors (Lipinski definition) is 15. The van der Waals surface area contributed by atoms with Crippen LogP contribution in [0, 0.1) is 5.92 Å². The van der Waals surface area contributed by atoms with Crippen LogP contribution in [-0.2, 0) is 104 Å². The Labute approximate surface area is 710 Å². The summed E-state index contributed by atoms with van der Waals surface area (Å²) in [6, 6.07) is 13.4. The zero-order chi connectivity index (χ0) is 93.0. The number of aliphatic hydroxyl groups is 6. The topological polar surface area (TPSA) is 581 Å². The minimum absolute atomic E-state index is 0.0753. The maximum absolute atomic E-state index is 12.1. The third kappa shape index (κ3) is 56.5. The number of aliphatic hydroxyl groups excluding tert-OH is 6. The van der Waals surface area contributed by atoms with Crippen LogP contribution in [0.5, 0.6) is 0 Å². The maximum Gasteiger partial charge on any atom is 0.408 e. The van der Waals surface area contributed by atoms with Crippen LogP contribution in [-0.4, -0.2) is 256 Å². The van der Waals surface area contributed by atoms with Crippen molar-refractivity contribution in [1.29, 1.82) is 0 Å². The van der Waals surface area contributed by atoms with Crippen molar-refractivity contribution in [3.05, 3.63) is 71.8 Å². The Bertz CT molecular complexity index is 3400. The molecule has 39 nitrogen and oxygen atoms in total. The third-order valence-electron chi connectivity index (χ3n) is 15.4. The van der Waals surface area contributed by atoms with E-state index in [4.69, 9.17) is 68.7 Å². The highest BCUT2D eigenvalue weighted by Gasteiger charge is 2.37. The van der Waals surface area contributed by atoms with Crippen LogP contribution in [0.1, 0.15) is 214 Å². The second kappa shape index (κ2) is 59.1. The highest BCUT2D eigenvalue weighted by atomic mass is 16.6. The Morgan fingerprint density at radius 2 is 0.752 bits per heavy atom. The molecule has 2 fully saturated rings. The SMILES string of the molecule is CC(C)(C)OC(=O)NC1C(=O)NCCC1O.CC1CCNC(=O)C1O.CCOC(=O)C(NC(=O)OC(C)(C)C)C(O)CCCC(=O)OCc1ccccc1.CCOC(=O)C(NC(=O)OC(C)(C)C)C(O)CCN.CCOC(=O)C(O)C(CCCC(=O)OCc1ccccc1)NC(=O)OC(C)(C)C.CCOC(=O)C(O)C(CCN)NC(=O)OC(C)(C)C. The number of alkyl carbamates (subject to hydrolysis) is 5. The molecule has 692 valence electrons. The first kappa shape index (κ1) is 113. The quantitative estimate of drug-likeness (QED) is 0.0330. The molecule has 2 heterocycles. The largest absolute Gasteiger partial charge is 0.464 e. The molecular formula is C82H139N9O30. The molecule has 2 aromatic rings. The lowest BCUT2D eigenvalue weighted by Crippen LogP contribution is -2.58. The van der Waals surface area contributed by atoms with E-state index < -0.39 is 161 Å². The molecular weight excluding hydrogens is 1590 g/mol. The van der Waals surface area contributed by atoms with E-state index in [-0.39, 0.29) is 115 Å². The molecule has 12 unspecified atom stereocenters. The Hall–Kier alpha value is -9.77. The molecule has 12 atom stereocenters. The van der Waals surface area contributed by atoms with Crippen LogP contribution < -0.4 is 48.7 Å². The van der Waals surface area contributed by atoms with Crippen molar-refractivity contribution >= 4 is 78.1 Å². The summed E-state index contributed by atoms with van der Waals surface area (Å²) in [5.74, 6) is -4.43. The summed E-state index contributed by atoms with van der Waals surface area (Å²) in [6.07, 6.45) is -8.12. The van der Waals surface area contributed by atoms with Gasteiger partial charge in [0.15, 0.2) is 24.3 Å². The molecule has 2 aliphatic heterocycles. The van der Waals surface area contributed by atoms with Gasteiger partial charge in [0.05, 0.1) is 56.8 Å². The molecule has 0 bridgehead atoms. The van der Waals surface area contributed by atoms with Crippen LogP contribution in [0.3, 0.4) is 0 Å². The Kier molecular flexibility index (Phi) is 55.3. The number of piperidine rings is 2. The average Bonchev–Trinajstić information content (AvgIpc) is 0.845. The van der Waals surface area contributed by atoms with Crippen LogP contribution in [0.4, 0.5) is 24.0 Å². The molecule has 121 heavy (non-hydrogen) atoms. The summed E-state index contributed by atoms with van der Waals surface area (Å²) >= 11 is 0. The van der Waals surface area contributed by atoms with Crippen LogP contribution >= 0.6 is 0 Å². The molecule has 2 aliphatic rings. The lowest BCUT2D eigenvalue weighted by Gasteiger charge is -2.29. The van der Waals surface area contributed by atoms with Gasteiger partial charge in [-0.25, -0.2) is 43.2 Å². The monoisotopic (exact) mass is 1730 g/mol. The summed E-state index contributed by atoms with van der Waals surface area (Å²) < 4.78 is 54.9. The number of esters is 6. The molecule has 7 amide bonds. The minimum Gasteiger partial charge on any atom is -0.464 e. The van der Waals surface area contributed by atoms with Crippen molar-refractivity contribution < 1.29 is 145 Å². The van der Waals surface area contributed by atoms with Crippen LogP contribution in [0.25, 0.3) is 0 Å². The Balaban J connectivity index is 0. The maximum atomic E-state index is 12.1. The minimum atomic E-state index is -1.57. The molecule has 0 spiro atoms. The Morgan fingerprint density at radius 3 is 1.09 bits per heavy atom. The van der Waals surface area contributed by atoms with Gasteiger partial charge in [-0.15, -0.1) is 0 Å². The molecule has 17 N–H and O–H groups in total. The first-order valence-electron chi connectivity index (χ1n) is 40.2. The van der Waals surface area contributed by atoms with Crippen molar-refractivity contribution in [2.75, 3.05) is 52.6 Å². The van der Waals surface area contributed by atoms with Gasteiger partial charge in [0, 0.05) is 25.9 Å². The van der Waals surface area contributed by atoms with E-state index in [9.17, 15) is 87.9 Å². The first-order chi connectivity index (χ1) is 56.2. The standard InChI is InChI=1S/2C21H31NO7.2C12H24N2O5.C10H18N2O4.C6H11NO2/c1-5-27-19(25)18(22-20(26)29-21(2,3)4)16(23)12-9-13-17(24)28-14-15-10-7-6-8-11-15;1-5-27-19(25)18(24)16(22-20(26)29-21(2,3)4)12-9-13-17(23)28-14-15-10-7-6-8-11-15;1-5-18-10(16)9(8(15)6-7-13)14-11(17)19-12(2,3)4;1-5-18-10(16)9(15)8(6-7-13)14-11(17)19-12(2,3)4;1-10(2,3)16-9(15)12-7-6(13)4-5-11-8(7)14;1-4-2-3-7-6(9)5(4)8/h6-8,10-11,16,18,23H,5,9,12-14H2,1-4H3,(H,22,26);6-8,10-11,16,18,24H,5,9,12-14H2,1-4H3,(H,22,26);2*8-9,15H,5-7,13H2,1-4H3,(H,14,17);6-7,13H,4-5H2,1-3H3,(H,11,14)(H,12,15);4-5,8H,2-3H2,1H3,(H,7,9). The fraction of sp³-hybridized carbons (Fsp3) is 0.695. The van der Waals surface area contributed by atoms with E-state index in [2.05, 4.69) is 37.2 Å². The van der Waals surface area contributed by atoms with E-state index in [0.717, 1.165) is 17.5 Å². The molecule has 0 saturated carbocycles. The van der Waals surface area contributed by atoms with Crippen molar-refractivity contribution in [2.24, 2.45) is 17.4 Å². The number of ether oxygens (including phenoxy) is 11. The van der Waals surface area contributed by atoms with Crippen LogP contribution in [0.15, 0.2) is 60.7 Å². The predicted octanol–water partition coefficient (Wildman–Crippen LogP) is 5.00. The highest BCUT2D eigenvalue weighted by Crippen LogP contribution is 2.18. The number of hydrogen-bond acceptors (Lipinski definition) is 32. The van der Waals surface area contributed by atoms with Crippen LogP contribution in [0.2, 0.25) is 0 Å². The number of carbonyl (C=O) groups is 13. The van der Waals surface area contributed by atoms with Crippen molar-refractivity contribution in [3.8, 4) is 0 Å². The van der Waals surface area contributed by atoms with Crippen molar-refractivity contribution in [1.82, 2.24) is 37.2 Å². The fourth-order valence-electron chi connectivity index (χ4n) is 9.84. The molecule has 39 heteroatoms. The third-order valence-corrected chi connectivity index (χ3v) is 15.4. The van der Waals surface area contributed by atoms with Gasteiger partial charge >= 0.3 is 66.3 Å². The average molecular weight is 1730 g/mol. The van der Waals surface area contributed by atoms with Crippen molar-refractivity contribution in [2.45, 2.75) is 311 Å². The zero-order valence-corrected chi connectivity index (χ0v) is 74.0. The normalized spacial score (nSPS) is 16.9. The lowest BCUT2D eigenvalue weighted by atomic mass is 9.97. The van der Waals surface area contributed by atoms with E-state index >= 15 is 0 Å². The summed E-state index contributed by atoms with van der Waals surface area (Å²) in [7, 11) is 0. The number of benzene rings is 2. The van der Waals surface area contributed by atoms with Gasteiger partial charge in [0.2, 0.25) is 11.8 Å². The first-order valence-corrected chi connectivity index (χ1v) is 40.2. The molecule has 0 radical (unpaired) electrons. The number of nitrogens with one attached hydrogen (secondary N) is 7. The van der Waals surface area contributed by atoms with Crippen molar-refractivity contribution in [3.63, 3.8) is 0 Å². The Morgan fingerprint density at radius 1 is 0.430 bits per heavy atom. The number of carbonyl (C=O) groups excluding carboxylic acids is 13. The van der Waals surface area contributed by atoms with Gasteiger partial charge in [-0.3, -0.25) is 19.2 Å². The number of amides is 7. The molecule has 4 rings (SSSR count). The lowest BCUT2D eigenvalue weighted by molar-refractivity contribution is -0.155. The van der Waals surface area contributed by atoms with E-state index in [1.165, 1.54) is 0 Å². The van der Waals surface area contributed by atoms with E-state index in [1.807, 2.05) is 67.6 Å². The summed E-state index contributed by atoms with van der Waals surface area (Å²) in [5.41, 5.74) is 9.00. The second-order valence-corrected chi connectivity index (χ2v) is 32.3. The predicted molar refractivity (Wildman–Crippen MR) is 440 cm³/mol. The number of rotatable bonds is 33. The molecule has 0 aliphatic carbocycles. The fourth-order valence-corrected chi connectivity index (χ4v) is 9.84. The summed E-state index contributed by atoms with van der Waals surface area (Å²) in [6.45, 7) is 36.3. The van der Waals surface area contributed by atoms with Gasteiger partial charge in [0.1, 0.15) is 53.4 Å². The van der Waals surface area contributed by atoms with Gasteiger partial charge < -0.3 is 131 Å².